The Morgan fingerprint density at radius 1 is 1.22 bits per heavy atom. The molecule has 0 spiro atoms. The minimum absolute atomic E-state index is 0.125. The first-order valence-electron chi connectivity index (χ1n) is 5.12. The molecule has 0 radical (unpaired) electrons. The SMILES string of the molecule is CC(=O)NCCNc1c(F)cc(C(=O)O)cc1F. The van der Waals surface area contributed by atoms with Gasteiger partial charge in [-0.3, -0.25) is 4.79 Å². The molecule has 98 valence electrons. The van der Waals surface area contributed by atoms with Gasteiger partial charge >= 0.3 is 5.97 Å². The van der Waals surface area contributed by atoms with Gasteiger partial charge in [-0.05, 0) is 12.1 Å². The van der Waals surface area contributed by atoms with Crippen molar-refractivity contribution in [1.29, 1.82) is 0 Å². The highest BCUT2D eigenvalue weighted by Crippen LogP contribution is 2.20. The number of carboxylic acid groups (broad SMARTS) is 1. The number of rotatable bonds is 5. The van der Waals surface area contributed by atoms with Crippen LogP contribution in [0.4, 0.5) is 14.5 Å². The molecular formula is C11H12F2N2O3. The van der Waals surface area contributed by atoms with Gasteiger partial charge in [-0.2, -0.15) is 0 Å². The number of aromatic carboxylic acids is 1. The summed E-state index contributed by atoms with van der Waals surface area (Å²) in [6.07, 6.45) is 0. The van der Waals surface area contributed by atoms with E-state index in [1.807, 2.05) is 0 Å². The lowest BCUT2D eigenvalue weighted by Gasteiger charge is -2.09. The van der Waals surface area contributed by atoms with Crippen molar-refractivity contribution in [3.05, 3.63) is 29.3 Å². The molecule has 0 aromatic heterocycles. The van der Waals surface area contributed by atoms with Crippen molar-refractivity contribution < 1.29 is 23.5 Å². The van der Waals surface area contributed by atoms with E-state index in [0.717, 1.165) is 12.1 Å². The standard InChI is InChI=1S/C11H12F2N2O3/c1-6(16)14-2-3-15-10-8(12)4-7(11(17)18)5-9(10)13/h4-5,15H,2-3H2,1H3,(H,14,16)(H,17,18). The third-order valence-corrected chi connectivity index (χ3v) is 2.09. The number of halogens is 2. The lowest BCUT2D eigenvalue weighted by atomic mass is 10.2. The summed E-state index contributed by atoms with van der Waals surface area (Å²) in [5, 5.41) is 13.5. The molecule has 0 bridgehead atoms. The largest absolute Gasteiger partial charge is 0.478 e. The minimum Gasteiger partial charge on any atom is -0.478 e. The van der Waals surface area contributed by atoms with Gasteiger partial charge in [0.1, 0.15) is 17.3 Å². The Bertz CT molecular complexity index is 454. The zero-order chi connectivity index (χ0) is 13.7. The highest BCUT2D eigenvalue weighted by atomic mass is 19.1. The zero-order valence-electron chi connectivity index (χ0n) is 9.59. The van der Waals surface area contributed by atoms with Gasteiger partial charge in [-0.1, -0.05) is 0 Å². The average Bonchev–Trinajstić information content (AvgIpc) is 2.26. The lowest BCUT2D eigenvalue weighted by Crippen LogP contribution is -2.26. The van der Waals surface area contributed by atoms with Crippen LogP contribution in [0.3, 0.4) is 0 Å². The van der Waals surface area contributed by atoms with Crippen molar-refractivity contribution in [1.82, 2.24) is 5.32 Å². The lowest BCUT2D eigenvalue weighted by molar-refractivity contribution is -0.118. The fourth-order valence-corrected chi connectivity index (χ4v) is 1.29. The number of carboxylic acids is 1. The predicted molar refractivity (Wildman–Crippen MR) is 60.5 cm³/mol. The van der Waals surface area contributed by atoms with Gasteiger partial charge in [0.15, 0.2) is 0 Å². The first-order chi connectivity index (χ1) is 8.41. The third kappa shape index (κ3) is 3.69. The number of amides is 1. The molecule has 0 atom stereocenters. The molecular weight excluding hydrogens is 246 g/mol. The summed E-state index contributed by atoms with van der Waals surface area (Å²) >= 11 is 0. The Labute approximate surface area is 102 Å². The number of hydrogen-bond donors (Lipinski definition) is 3. The van der Waals surface area contributed by atoms with Crippen molar-refractivity contribution >= 4 is 17.6 Å². The molecule has 1 aromatic rings. The van der Waals surface area contributed by atoms with Crippen LogP contribution in [0.5, 0.6) is 0 Å². The van der Waals surface area contributed by atoms with Crippen molar-refractivity contribution in [3.63, 3.8) is 0 Å². The first-order valence-corrected chi connectivity index (χ1v) is 5.12. The van der Waals surface area contributed by atoms with E-state index in [0.29, 0.717) is 0 Å². The van der Waals surface area contributed by atoms with E-state index in [4.69, 9.17) is 5.11 Å². The number of benzene rings is 1. The van der Waals surface area contributed by atoms with E-state index in [-0.39, 0.29) is 19.0 Å². The summed E-state index contributed by atoms with van der Waals surface area (Å²) in [4.78, 5) is 21.1. The van der Waals surface area contributed by atoms with Gasteiger partial charge in [-0.15, -0.1) is 0 Å². The zero-order valence-corrected chi connectivity index (χ0v) is 9.59. The normalized spacial score (nSPS) is 9.94. The summed E-state index contributed by atoms with van der Waals surface area (Å²) in [7, 11) is 0. The van der Waals surface area contributed by atoms with E-state index in [2.05, 4.69) is 10.6 Å². The molecule has 0 aliphatic carbocycles. The first kappa shape index (κ1) is 13.9. The number of hydrogen-bond acceptors (Lipinski definition) is 3. The van der Waals surface area contributed by atoms with Crippen molar-refractivity contribution in [2.75, 3.05) is 18.4 Å². The Morgan fingerprint density at radius 3 is 2.22 bits per heavy atom. The fraction of sp³-hybridized carbons (Fsp3) is 0.273. The van der Waals surface area contributed by atoms with E-state index in [9.17, 15) is 18.4 Å². The molecule has 0 unspecified atom stereocenters. The van der Waals surface area contributed by atoms with Crippen LogP contribution in [0.25, 0.3) is 0 Å². The fourth-order valence-electron chi connectivity index (χ4n) is 1.29. The second-order valence-electron chi connectivity index (χ2n) is 3.53. The van der Waals surface area contributed by atoms with Crippen LogP contribution >= 0.6 is 0 Å². The molecule has 3 N–H and O–H groups in total. The van der Waals surface area contributed by atoms with Crippen LogP contribution < -0.4 is 10.6 Å². The number of carbonyl (C=O) groups excluding carboxylic acids is 1. The smallest absolute Gasteiger partial charge is 0.335 e. The summed E-state index contributed by atoms with van der Waals surface area (Å²) < 4.78 is 26.8. The number of anilines is 1. The monoisotopic (exact) mass is 258 g/mol. The second kappa shape index (κ2) is 5.95. The van der Waals surface area contributed by atoms with E-state index in [1.54, 1.807) is 0 Å². The highest BCUT2D eigenvalue weighted by Gasteiger charge is 2.14. The summed E-state index contributed by atoms with van der Waals surface area (Å²) in [5.41, 5.74) is -0.872. The topological polar surface area (TPSA) is 78.4 Å². The van der Waals surface area contributed by atoms with Crippen LogP contribution in [0, 0.1) is 11.6 Å². The molecule has 18 heavy (non-hydrogen) atoms. The third-order valence-electron chi connectivity index (χ3n) is 2.09. The van der Waals surface area contributed by atoms with E-state index >= 15 is 0 Å². The molecule has 1 rings (SSSR count). The molecule has 1 amide bonds. The molecule has 1 aromatic carbocycles. The minimum atomic E-state index is -1.41. The van der Waals surface area contributed by atoms with Crippen LogP contribution in [0.15, 0.2) is 12.1 Å². The Balaban J connectivity index is 2.72. The summed E-state index contributed by atoms with van der Waals surface area (Å²) in [6.45, 7) is 1.65. The number of nitrogens with one attached hydrogen (secondary N) is 2. The van der Waals surface area contributed by atoms with Gasteiger partial charge in [-0.25, -0.2) is 13.6 Å². The van der Waals surface area contributed by atoms with Crippen LogP contribution in [-0.4, -0.2) is 30.1 Å². The second-order valence-corrected chi connectivity index (χ2v) is 3.53. The quantitative estimate of drug-likeness (QED) is 0.694. The number of carbonyl (C=O) groups is 2. The van der Waals surface area contributed by atoms with Crippen LogP contribution in [0.2, 0.25) is 0 Å². The van der Waals surface area contributed by atoms with Crippen molar-refractivity contribution in [2.45, 2.75) is 6.92 Å². The maximum absolute atomic E-state index is 13.4. The molecule has 0 heterocycles. The van der Waals surface area contributed by atoms with Crippen molar-refractivity contribution in [3.8, 4) is 0 Å². The van der Waals surface area contributed by atoms with Gasteiger partial charge in [0.05, 0.1) is 5.56 Å². The maximum Gasteiger partial charge on any atom is 0.335 e. The van der Waals surface area contributed by atoms with Crippen LogP contribution in [-0.2, 0) is 4.79 Å². The van der Waals surface area contributed by atoms with Crippen LogP contribution in [0.1, 0.15) is 17.3 Å². The average molecular weight is 258 g/mol. The van der Waals surface area contributed by atoms with Gasteiger partial charge < -0.3 is 15.7 Å². The van der Waals surface area contributed by atoms with Crippen molar-refractivity contribution in [2.24, 2.45) is 0 Å². The summed E-state index contributed by atoms with van der Waals surface area (Å²) in [5.74, 6) is -3.64. The van der Waals surface area contributed by atoms with E-state index in [1.165, 1.54) is 6.92 Å². The van der Waals surface area contributed by atoms with Gasteiger partial charge in [0.25, 0.3) is 0 Å². The summed E-state index contributed by atoms with van der Waals surface area (Å²) in [6, 6.07) is 1.46. The van der Waals surface area contributed by atoms with Gasteiger partial charge in [0, 0.05) is 20.0 Å². The molecule has 0 aliphatic heterocycles. The Hall–Kier alpha value is -2.18. The molecule has 0 aliphatic rings. The predicted octanol–water partition coefficient (Wildman–Crippen LogP) is 1.21. The molecule has 7 heteroatoms. The Morgan fingerprint density at radius 2 is 1.78 bits per heavy atom. The molecule has 0 saturated heterocycles. The molecule has 0 fully saturated rings. The Kier molecular flexibility index (Phi) is 4.59. The maximum atomic E-state index is 13.4. The van der Waals surface area contributed by atoms with E-state index < -0.39 is 28.9 Å². The van der Waals surface area contributed by atoms with Gasteiger partial charge in [0.2, 0.25) is 5.91 Å². The molecule has 5 nitrogen and oxygen atoms in total. The molecule has 0 saturated carbocycles. The highest BCUT2D eigenvalue weighted by molar-refractivity contribution is 5.88.